The lowest BCUT2D eigenvalue weighted by atomic mass is 10.1. The number of ether oxygens (including phenoxy) is 1. The van der Waals surface area contributed by atoms with E-state index in [-0.39, 0.29) is 11.2 Å². The minimum atomic E-state index is -0.174. The number of carbonyl (C=O) groups is 1. The molecular weight excluding hydrogens is 294 g/mol. The van der Waals surface area contributed by atoms with Crippen LogP contribution in [0.1, 0.15) is 18.1 Å². The van der Waals surface area contributed by atoms with Gasteiger partial charge in [-0.2, -0.15) is 0 Å². The maximum atomic E-state index is 12.4. The number of aryl methyl sites for hydroxylation is 2. The molecular formula is C18H21NO2S. The highest BCUT2D eigenvalue weighted by atomic mass is 32.2. The topological polar surface area (TPSA) is 38.3 Å². The van der Waals surface area contributed by atoms with Crippen LogP contribution in [-0.2, 0) is 4.79 Å². The minimum absolute atomic E-state index is 0.0122. The van der Waals surface area contributed by atoms with Gasteiger partial charge >= 0.3 is 0 Å². The molecule has 0 spiro atoms. The zero-order valence-electron chi connectivity index (χ0n) is 13.3. The van der Waals surface area contributed by atoms with Gasteiger partial charge in [-0.15, -0.1) is 11.8 Å². The number of rotatable bonds is 5. The van der Waals surface area contributed by atoms with Crippen molar-refractivity contribution in [1.82, 2.24) is 0 Å². The first-order chi connectivity index (χ1) is 10.5. The van der Waals surface area contributed by atoms with E-state index in [0.29, 0.717) is 0 Å². The van der Waals surface area contributed by atoms with E-state index in [1.54, 1.807) is 7.11 Å². The Morgan fingerprint density at radius 2 is 1.68 bits per heavy atom. The number of amides is 1. The molecule has 0 aromatic heterocycles. The summed E-state index contributed by atoms with van der Waals surface area (Å²) < 4.78 is 5.14. The molecule has 22 heavy (non-hydrogen) atoms. The normalized spacial score (nSPS) is 11.8. The van der Waals surface area contributed by atoms with Crippen LogP contribution in [-0.4, -0.2) is 18.3 Å². The number of hydrogen-bond donors (Lipinski definition) is 1. The summed E-state index contributed by atoms with van der Waals surface area (Å²) in [7, 11) is 1.64. The summed E-state index contributed by atoms with van der Waals surface area (Å²) in [5, 5.41) is 2.86. The summed E-state index contributed by atoms with van der Waals surface area (Å²) in [4.78, 5) is 13.4. The predicted molar refractivity (Wildman–Crippen MR) is 92.9 cm³/mol. The van der Waals surface area contributed by atoms with E-state index in [0.717, 1.165) is 27.5 Å². The van der Waals surface area contributed by atoms with E-state index in [1.165, 1.54) is 11.8 Å². The molecule has 0 saturated heterocycles. The summed E-state index contributed by atoms with van der Waals surface area (Å²) >= 11 is 1.53. The molecule has 0 fully saturated rings. The molecule has 0 radical (unpaired) electrons. The van der Waals surface area contributed by atoms with Crippen LogP contribution in [0.3, 0.4) is 0 Å². The van der Waals surface area contributed by atoms with Crippen molar-refractivity contribution in [1.29, 1.82) is 0 Å². The first kappa shape index (κ1) is 16.4. The smallest absolute Gasteiger partial charge is 0.237 e. The van der Waals surface area contributed by atoms with Crippen LogP contribution >= 0.6 is 11.8 Å². The van der Waals surface area contributed by atoms with Gasteiger partial charge in [-0.25, -0.2) is 0 Å². The summed E-state index contributed by atoms with van der Waals surface area (Å²) in [6, 6.07) is 13.7. The number of thioether (sulfide) groups is 1. The molecule has 1 atom stereocenters. The van der Waals surface area contributed by atoms with Gasteiger partial charge in [0.15, 0.2) is 0 Å². The molecule has 4 heteroatoms. The Labute approximate surface area is 136 Å². The molecule has 0 aliphatic carbocycles. The molecule has 2 aromatic carbocycles. The molecule has 1 amide bonds. The van der Waals surface area contributed by atoms with Crippen molar-refractivity contribution in [2.45, 2.75) is 30.9 Å². The van der Waals surface area contributed by atoms with Crippen LogP contribution in [0.25, 0.3) is 0 Å². The van der Waals surface area contributed by atoms with Crippen molar-refractivity contribution < 1.29 is 9.53 Å². The van der Waals surface area contributed by atoms with E-state index >= 15 is 0 Å². The van der Waals surface area contributed by atoms with Gasteiger partial charge in [-0.1, -0.05) is 18.2 Å². The van der Waals surface area contributed by atoms with Gasteiger partial charge in [-0.3, -0.25) is 4.79 Å². The van der Waals surface area contributed by atoms with E-state index in [2.05, 4.69) is 5.32 Å². The molecule has 0 bridgehead atoms. The highest BCUT2D eigenvalue weighted by molar-refractivity contribution is 8.00. The Balaban J connectivity index is 2.02. The molecule has 0 aliphatic heterocycles. The standard InChI is InChI=1S/C18H21NO2S/c1-12-6-5-7-13(2)17(12)19-18(20)14(3)22-16-10-8-15(21-4)9-11-16/h5-11,14H,1-4H3,(H,19,20). The van der Waals surface area contributed by atoms with Crippen LogP contribution in [0, 0.1) is 13.8 Å². The first-order valence-electron chi connectivity index (χ1n) is 7.19. The van der Waals surface area contributed by atoms with E-state index in [9.17, 15) is 4.79 Å². The zero-order valence-corrected chi connectivity index (χ0v) is 14.2. The van der Waals surface area contributed by atoms with Crippen molar-refractivity contribution in [3.63, 3.8) is 0 Å². The van der Waals surface area contributed by atoms with Crippen molar-refractivity contribution in [2.75, 3.05) is 12.4 Å². The minimum Gasteiger partial charge on any atom is -0.497 e. The molecule has 0 aliphatic rings. The largest absolute Gasteiger partial charge is 0.497 e. The van der Waals surface area contributed by atoms with Crippen LogP contribution in [0.5, 0.6) is 5.75 Å². The molecule has 3 nitrogen and oxygen atoms in total. The fraction of sp³-hybridized carbons (Fsp3) is 0.278. The van der Waals surface area contributed by atoms with Crippen molar-refractivity contribution in [2.24, 2.45) is 0 Å². The summed E-state index contributed by atoms with van der Waals surface area (Å²) in [6.07, 6.45) is 0. The SMILES string of the molecule is COc1ccc(SC(C)C(=O)Nc2c(C)cccc2C)cc1. The Morgan fingerprint density at radius 1 is 1.09 bits per heavy atom. The van der Waals surface area contributed by atoms with Crippen molar-refractivity contribution in [3.05, 3.63) is 53.6 Å². The Bertz CT molecular complexity index is 632. The Kier molecular flexibility index (Phi) is 5.50. The van der Waals surface area contributed by atoms with Crippen molar-refractivity contribution >= 4 is 23.4 Å². The number of benzene rings is 2. The maximum absolute atomic E-state index is 12.4. The maximum Gasteiger partial charge on any atom is 0.237 e. The van der Waals surface area contributed by atoms with Crippen LogP contribution in [0.4, 0.5) is 5.69 Å². The van der Waals surface area contributed by atoms with Crippen molar-refractivity contribution in [3.8, 4) is 5.75 Å². The van der Waals surface area contributed by atoms with Gasteiger partial charge in [0, 0.05) is 10.6 Å². The lowest BCUT2D eigenvalue weighted by Gasteiger charge is -2.15. The Hall–Kier alpha value is -1.94. The highest BCUT2D eigenvalue weighted by Gasteiger charge is 2.16. The summed E-state index contributed by atoms with van der Waals surface area (Å²) in [5.74, 6) is 0.829. The summed E-state index contributed by atoms with van der Waals surface area (Å²) in [6.45, 7) is 5.92. The first-order valence-corrected chi connectivity index (χ1v) is 8.07. The third kappa shape index (κ3) is 4.04. The van der Waals surface area contributed by atoms with Gasteiger partial charge < -0.3 is 10.1 Å². The average molecular weight is 315 g/mol. The van der Waals surface area contributed by atoms with E-state index in [1.807, 2.05) is 63.2 Å². The monoisotopic (exact) mass is 315 g/mol. The molecule has 0 saturated carbocycles. The quantitative estimate of drug-likeness (QED) is 0.829. The summed E-state index contributed by atoms with van der Waals surface area (Å²) in [5.41, 5.74) is 3.07. The predicted octanol–water partition coefficient (Wildman–Crippen LogP) is 4.43. The lowest BCUT2D eigenvalue weighted by Crippen LogP contribution is -2.23. The van der Waals surface area contributed by atoms with Gasteiger partial charge in [0.05, 0.1) is 12.4 Å². The molecule has 1 N–H and O–H groups in total. The van der Waals surface area contributed by atoms with Gasteiger partial charge in [-0.05, 0) is 56.2 Å². The second kappa shape index (κ2) is 7.36. The molecule has 0 heterocycles. The second-order valence-electron chi connectivity index (χ2n) is 5.19. The second-order valence-corrected chi connectivity index (χ2v) is 6.61. The molecule has 2 rings (SSSR count). The van der Waals surface area contributed by atoms with Gasteiger partial charge in [0.1, 0.15) is 5.75 Å². The molecule has 2 aromatic rings. The fourth-order valence-corrected chi connectivity index (χ4v) is 3.02. The third-order valence-electron chi connectivity index (χ3n) is 3.47. The number of hydrogen-bond acceptors (Lipinski definition) is 3. The van der Waals surface area contributed by atoms with Gasteiger partial charge in [0.25, 0.3) is 0 Å². The van der Waals surface area contributed by atoms with E-state index in [4.69, 9.17) is 4.74 Å². The average Bonchev–Trinajstić information content (AvgIpc) is 2.51. The third-order valence-corrected chi connectivity index (χ3v) is 4.58. The number of methoxy groups -OCH3 is 1. The molecule has 116 valence electrons. The van der Waals surface area contributed by atoms with Gasteiger partial charge in [0.2, 0.25) is 5.91 Å². The fourth-order valence-electron chi connectivity index (χ4n) is 2.15. The van der Waals surface area contributed by atoms with E-state index < -0.39 is 0 Å². The van der Waals surface area contributed by atoms with Crippen LogP contribution in [0.2, 0.25) is 0 Å². The lowest BCUT2D eigenvalue weighted by molar-refractivity contribution is -0.115. The molecule has 1 unspecified atom stereocenters. The number of para-hydroxylation sites is 1. The highest BCUT2D eigenvalue weighted by Crippen LogP contribution is 2.27. The number of carbonyl (C=O) groups excluding carboxylic acids is 1. The zero-order chi connectivity index (χ0) is 16.1. The van der Waals surface area contributed by atoms with Crippen LogP contribution in [0.15, 0.2) is 47.4 Å². The Morgan fingerprint density at radius 3 is 2.23 bits per heavy atom. The number of anilines is 1. The number of nitrogens with one attached hydrogen (secondary N) is 1. The van der Waals surface area contributed by atoms with Crippen LogP contribution < -0.4 is 10.1 Å².